The monoisotopic (exact) mass is 212 g/mol. The van der Waals surface area contributed by atoms with Gasteiger partial charge in [-0.2, -0.15) is 0 Å². The summed E-state index contributed by atoms with van der Waals surface area (Å²) in [6.45, 7) is 2.38. The summed E-state index contributed by atoms with van der Waals surface area (Å²) in [5.41, 5.74) is 0. The van der Waals surface area contributed by atoms with Crippen LogP contribution in [0.3, 0.4) is 0 Å². The molecule has 1 unspecified atom stereocenters. The molecule has 0 aliphatic carbocycles. The van der Waals surface area contributed by atoms with Crippen LogP contribution in [-0.2, 0) is 18.4 Å². The SMILES string of the molecule is CCCC(NCc1nncn1C)C(=O)O. The summed E-state index contributed by atoms with van der Waals surface area (Å²) in [4.78, 5) is 10.8. The highest BCUT2D eigenvalue weighted by Gasteiger charge is 2.15. The highest BCUT2D eigenvalue weighted by Crippen LogP contribution is 1.99. The van der Waals surface area contributed by atoms with Crippen LogP contribution in [0.15, 0.2) is 6.33 Å². The first-order valence-electron chi connectivity index (χ1n) is 4.94. The Morgan fingerprint density at radius 3 is 2.93 bits per heavy atom. The number of nitrogens with one attached hydrogen (secondary N) is 1. The van der Waals surface area contributed by atoms with E-state index < -0.39 is 12.0 Å². The lowest BCUT2D eigenvalue weighted by Gasteiger charge is -2.12. The minimum absolute atomic E-state index is 0.424. The fraction of sp³-hybridized carbons (Fsp3) is 0.667. The van der Waals surface area contributed by atoms with Gasteiger partial charge in [-0.05, 0) is 6.42 Å². The Hall–Kier alpha value is -1.43. The van der Waals surface area contributed by atoms with Crippen LogP contribution in [0.25, 0.3) is 0 Å². The molecule has 0 saturated heterocycles. The van der Waals surface area contributed by atoms with Crippen molar-refractivity contribution in [1.29, 1.82) is 0 Å². The second kappa shape index (κ2) is 5.45. The number of aromatic nitrogens is 3. The molecule has 0 aromatic carbocycles. The van der Waals surface area contributed by atoms with Crippen LogP contribution < -0.4 is 5.32 Å². The van der Waals surface area contributed by atoms with E-state index in [2.05, 4.69) is 15.5 Å². The van der Waals surface area contributed by atoms with Gasteiger partial charge in [-0.25, -0.2) is 0 Å². The third-order valence-corrected chi connectivity index (χ3v) is 2.19. The summed E-state index contributed by atoms with van der Waals surface area (Å²) < 4.78 is 1.76. The van der Waals surface area contributed by atoms with E-state index in [9.17, 15) is 4.79 Å². The lowest BCUT2D eigenvalue weighted by atomic mass is 10.2. The first-order chi connectivity index (χ1) is 7.15. The zero-order valence-corrected chi connectivity index (χ0v) is 8.97. The molecule has 0 bridgehead atoms. The number of hydrogen-bond donors (Lipinski definition) is 2. The zero-order chi connectivity index (χ0) is 11.3. The number of carbonyl (C=O) groups is 1. The zero-order valence-electron chi connectivity index (χ0n) is 8.97. The standard InChI is InChI=1S/C9H16N4O2/c1-3-4-7(9(14)15)10-5-8-12-11-6-13(8)2/h6-7,10H,3-5H2,1-2H3,(H,14,15). The molecular formula is C9H16N4O2. The first-order valence-corrected chi connectivity index (χ1v) is 4.94. The van der Waals surface area contributed by atoms with Crippen molar-refractivity contribution < 1.29 is 9.90 Å². The Bertz CT molecular complexity index is 324. The van der Waals surface area contributed by atoms with Gasteiger partial charge in [0.25, 0.3) is 0 Å². The largest absolute Gasteiger partial charge is 0.480 e. The van der Waals surface area contributed by atoms with Crippen LogP contribution in [0, 0.1) is 0 Å². The molecular weight excluding hydrogens is 196 g/mol. The first kappa shape index (κ1) is 11.6. The lowest BCUT2D eigenvalue weighted by Crippen LogP contribution is -2.36. The maximum absolute atomic E-state index is 10.8. The third kappa shape index (κ3) is 3.32. The number of aliphatic carboxylic acids is 1. The van der Waals surface area contributed by atoms with E-state index in [-0.39, 0.29) is 0 Å². The maximum Gasteiger partial charge on any atom is 0.320 e. The molecule has 15 heavy (non-hydrogen) atoms. The Kier molecular flexibility index (Phi) is 4.23. The smallest absolute Gasteiger partial charge is 0.320 e. The van der Waals surface area contributed by atoms with Crippen LogP contribution in [0.1, 0.15) is 25.6 Å². The van der Waals surface area contributed by atoms with E-state index in [0.717, 1.165) is 12.2 Å². The third-order valence-electron chi connectivity index (χ3n) is 2.19. The second-order valence-corrected chi connectivity index (χ2v) is 3.42. The van der Waals surface area contributed by atoms with Crippen LogP contribution in [0.2, 0.25) is 0 Å². The number of carboxylic acids is 1. The molecule has 1 rings (SSSR count). The van der Waals surface area contributed by atoms with Crippen molar-refractivity contribution in [2.75, 3.05) is 0 Å². The van der Waals surface area contributed by atoms with E-state index in [1.54, 1.807) is 10.9 Å². The molecule has 2 N–H and O–H groups in total. The molecule has 84 valence electrons. The molecule has 0 saturated carbocycles. The number of hydrogen-bond acceptors (Lipinski definition) is 4. The van der Waals surface area contributed by atoms with Crippen molar-refractivity contribution in [2.45, 2.75) is 32.4 Å². The molecule has 6 nitrogen and oxygen atoms in total. The van der Waals surface area contributed by atoms with Gasteiger partial charge in [-0.1, -0.05) is 13.3 Å². The van der Waals surface area contributed by atoms with Gasteiger partial charge in [-0.3, -0.25) is 10.1 Å². The van der Waals surface area contributed by atoms with Gasteiger partial charge < -0.3 is 9.67 Å². The average molecular weight is 212 g/mol. The summed E-state index contributed by atoms with van der Waals surface area (Å²) >= 11 is 0. The fourth-order valence-electron chi connectivity index (χ4n) is 1.28. The highest BCUT2D eigenvalue weighted by atomic mass is 16.4. The molecule has 0 amide bonds. The van der Waals surface area contributed by atoms with Gasteiger partial charge in [0.1, 0.15) is 18.2 Å². The van der Waals surface area contributed by atoms with Crippen molar-refractivity contribution >= 4 is 5.97 Å². The normalized spacial score (nSPS) is 12.7. The van der Waals surface area contributed by atoms with E-state index in [0.29, 0.717) is 13.0 Å². The summed E-state index contributed by atoms with van der Waals surface area (Å²) in [7, 11) is 1.83. The summed E-state index contributed by atoms with van der Waals surface area (Å²) in [5, 5.41) is 19.4. The average Bonchev–Trinajstić information content (AvgIpc) is 2.58. The summed E-state index contributed by atoms with van der Waals surface area (Å²) in [5.74, 6) is -0.0867. The minimum Gasteiger partial charge on any atom is -0.480 e. The lowest BCUT2D eigenvalue weighted by molar-refractivity contribution is -0.139. The molecule has 6 heteroatoms. The van der Waals surface area contributed by atoms with Crippen molar-refractivity contribution in [3.63, 3.8) is 0 Å². The Balaban J connectivity index is 2.47. The molecule has 0 spiro atoms. The van der Waals surface area contributed by atoms with Crippen molar-refractivity contribution in [3.8, 4) is 0 Å². The number of carboxylic acid groups (broad SMARTS) is 1. The van der Waals surface area contributed by atoms with Gasteiger partial charge in [0.05, 0.1) is 6.54 Å². The van der Waals surface area contributed by atoms with Crippen molar-refractivity contribution in [2.24, 2.45) is 7.05 Å². The molecule has 0 radical (unpaired) electrons. The molecule has 0 fully saturated rings. The van der Waals surface area contributed by atoms with E-state index in [1.807, 2.05) is 14.0 Å². The van der Waals surface area contributed by atoms with E-state index >= 15 is 0 Å². The quantitative estimate of drug-likeness (QED) is 0.702. The summed E-state index contributed by atoms with van der Waals surface area (Å²) in [6.07, 6.45) is 3.04. The van der Waals surface area contributed by atoms with Gasteiger partial charge >= 0.3 is 5.97 Å². The Labute approximate surface area is 88.3 Å². The van der Waals surface area contributed by atoms with Crippen LogP contribution in [-0.4, -0.2) is 31.9 Å². The molecule has 1 aromatic rings. The van der Waals surface area contributed by atoms with Crippen LogP contribution >= 0.6 is 0 Å². The minimum atomic E-state index is -0.820. The summed E-state index contributed by atoms with van der Waals surface area (Å²) in [6, 6.07) is -0.508. The van der Waals surface area contributed by atoms with Crippen molar-refractivity contribution in [1.82, 2.24) is 20.1 Å². The molecule has 0 aliphatic heterocycles. The van der Waals surface area contributed by atoms with Crippen LogP contribution in [0.5, 0.6) is 0 Å². The van der Waals surface area contributed by atoms with Crippen LogP contribution in [0.4, 0.5) is 0 Å². The fourth-order valence-corrected chi connectivity index (χ4v) is 1.28. The molecule has 1 heterocycles. The van der Waals surface area contributed by atoms with Crippen molar-refractivity contribution in [3.05, 3.63) is 12.2 Å². The second-order valence-electron chi connectivity index (χ2n) is 3.42. The number of rotatable bonds is 6. The van der Waals surface area contributed by atoms with Gasteiger partial charge in [-0.15, -0.1) is 10.2 Å². The van der Waals surface area contributed by atoms with E-state index in [4.69, 9.17) is 5.11 Å². The highest BCUT2D eigenvalue weighted by molar-refractivity contribution is 5.73. The van der Waals surface area contributed by atoms with Gasteiger partial charge in [0.2, 0.25) is 0 Å². The molecule has 1 aromatic heterocycles. The molecule has 0 aliphatic rings. The van der Waals surface area contributed by atoms with Gasteiger partial charge in [0, 0.05) is 7.05 Å². The predicted molar refractivity (Wildman–Crippen MR) is 54.2 cm³/mol. The molecule has 1 atom stereocenters. The maximum atomic E-state index is 10.8. The van der Waals surface area contributed by atoms with Gasteiger partial charge in [0.15, 0.2) is 0 Å². The van der Waals surface area contributed by atoms with E-state index in [1.165, 1.54) is 0 Å². The topological polar surface area (TPSA) is 80.0 Å². The Morgan fingerprint density at radius 2 is 2.47 bits per heavy atom. The predicted octanol–water partition coefficient (Wildman–Crippen LogP) is 0.158. The number of nitrogens with zero attached hydrogens (tertiary/aromatic N) is 3. The number of aryl methyl sites for hydroxylation is 1. The Morgan fingerprint density at radius 1 is 1.73 bits per heavy atom.